The molecule has 0 atom stereocenters. The van der Waals surface area contributed by atoms with Gasteiger partial charge in [0.1, 0.15) is 0 Å². The molecule has 0 aliphatic rings. The van der Waals surface area contributed by atoms with Gasteiger partial charge in [-0.2, -0.15) is 0 Å². The summed E-state index contributed by atoms with van der Waals surface area (Å²) in [6, 6.07) is 7.66. The fourth-order valence-electron chi connectivity index (χ4n) is 2.37. The third-order valence-corrected chi connectivity index (χ3v) is 3.60. The third kappa shape index (κ3) is 3.78. The second-order valence-electron chi connectivity index (χ2n) is 5.01. The van der Waals surface area contributed by atoms with E-state index < -0.39 is 0 Å². The lowest BCUT2D eigenvalue weighted by Crippen LogP contribution is -2.36. The average molecular weight is 305 g/mol. The number of nitrogens with one attached hydrogen (secondary N) is 1. The number of ether oxygens (including phenoxy) is 1. The van der Waals surface area contributed by atoms with Crippen LogP contribution < -0.4 is 5.32 Å². The number of carbonyl (C=O) groups excluding carboxylic acids is 1. The summed E-state index contributed by atoms with van der Waals surface area (Å²) >= 11 is 0. The van der Waals surface area contributed by atoms with E-state index in [1.54, 1.807) is 12.0 Å². The molecule has 0 aliphatic carbocycles. The van der Waals surface area contributed by atoms with E-state index >= 15 is 0 Å². The molecule has 0 radical (unpaired) electrons. The van der Waals surface area contributed by atoms with Gasteiger partial charge < -0.3 is 24.6 Å². The maximum Gasteiger partial charge on any atom is 0.321 e. The highest BCUT2D eigenvalue weighted by atomic mass is 16.5. The lowest BCUT2D eigenvalue weighted by molar-refractivity contribution is 0.188. The average Bonchev–Trinajstić information content (AvgIpc) is 2.92. The lowest BCUT2D eigenvalue weighted by Gasteiger charge is -2.20. The molecule has 2 rings (SSSR count). The molecule has 0 spiro atoms. The van der Waals surface area contributed by atoms with Crippen LogP contribution in [0.3, 0.4) is 0 Å². The summed E-state index contributed by atoms with van der Waals surface area (Å²) in [6.45, 7) is 4.13. The summed E-state index contributed by atoms with van der Waals surface area (Å²) < 4.78 is 7.21. The van der Waals surface area contributed by atoms with Crippen molar-refractivity contribution >= 4 is 22.6 Å². The number of aliphatic hydroxyl groups excluding tert-OH is 1. The Balaban J connectivity index is 2.15. The van der Waals surface area contributed by atoms with Crippen molar-refractivity contribution in [3.8, 4) is 0 Å². The Morgan fingerprint density at radius 1 is 1.41 bits per heavy atom. The molecule has 0 aliphatic heterocycles. The number of anilines is 1. The van der Waals surface area contributed by atoms with E-state index in [-0.39, 0.29) is 12.6 Å². The van der Waals surface area contributed by atoms with Gasteiger partial charge in [-0.15, -0.1) is 0 Å². The molecule has 6 nitrogen and oxygen atoms in total. The zero-order chi connectivity index (χ0) is 15.9. The Kier molecular flexibility index (Phi) is 5.80. The van der Waals surface area contributed by atoms with Crippen molar-refractivity contribution in [2.75, 3.05) is 38.7 Å². The van der Waals surface area contributed by atoms with Crippen molar-refractivity contribution in [3.63, 3.8) is 0 Å². The Morgan fingerprint density at radius 3 is 2.91 bits per heavy atom. The van der Waals surface area contributed by atoms with Gasteiger partial charge in [-0.1, -0.05) is 6.07 Å². The van der Waals surface area contributed by atoms with Crippen molar-refractivity contribution in [2.45, 2.75) is 13.5 Å². The van der Waals surface area contributed by atoms with Gasteiger partial charge in [-0.05, 0) is 30.5 Å². The minimum absolute atomic E-state index is 0.0415. The van der Waals surface area contributed by atoms with Gasteiger partial charge in [-0.25, -0.2) is 4.79 Å². The fourth-order valence-corrected chi connectivity index (χ4v) is 2.37. The van der Waals surface area contributed by atoms with Gasteiger partial charge in [0.2, 0.25) is 0 Å². The number of fused-ring (bicyclic) bond motifs is 1. The number of aromatic nitrogens is 1. The molecule has 2 aromatic rings. The third-order valence-electron chi connectivity index (χ3n) is 3.60. The normalized spacial score (nSPS) is 10.9. The number of carbonyl (C=O) groups is 1. The molecule has 0 fully saturated rings. The Morgan fingerprint density at radius 2 is 2.23 bits per heavy atom. The number of rotatable bonds is 7. The minimum Gasteiger partial charge on any atom is -0.395 e. The molecule has 120 valence electrons. The molecule has 2 amide bonds. The van der Waals surface area contributed by atoms with Crippen molar-refractivity contribution in [2.24, 2.45) is 0 Å². The van der Waals surface area contributed by atoms with Crippen LogP contribution in [0.4, 0.5) is 10.5 Å². The van der Waals surface area contributed by atoms with Gasteiger partial charge >= 0.3 is 6.03 Å². The van der Waals surface area contributed by atoms with Gasteiger partial charge in [0.05, 0.1) is 18.7 Å². The second kappa shape index (κ2) is 7.82. The minimum atomic E-state index is -0.203. The van der Waals surface area contributed by atoms with E-state index in [1.807, 2.05) is 37.4 Å². The monoisotopic (exact) mass is 305 g/mol. The van der Waals surface area contributed by atoms with Crippen LogP contribution in [0.15, 0.2) is 30.5 Å². The smallest absolute Gasteiger partial charge is 0.321 e. The topological polar surface area (TPSA) is 66.7 Å². The molecule has 0 bridgehead atoms. The molecule has 0 saturated carbocycles. The molecular weight excluding hydrogens is 282 g/mol. The largest absolute Gasteiger partial charge is 0.395 e. The highest BCUT2D eigenvalue weighted by Gasteiger charge is 2.11. The summed E-state index contributed by atoms with van der Waals surface area (Å²) in [6.07, 6.45) is 2.01. The number of benzene rings is 1. The first-order chi connectivity index (χ1) is 10.7. The summed E-state index contributed by atoms with van der Waals surface area (Å²) in [5, 5.41) is 13.0. The van der Waals surface area contributed by atoms with Crippen LogP contribution >= 0.6 is 0 Å². The Hall–Kier alpha value is -2.05. The molecule has 2 N–H and O–H groups in total. The number of nitrogens with zero attached hydrogens (tertiary/aromatic N) is 2. The quantitative estimate of drug-likeness (QED) is 0.823. The van der Waals surface area contributed by atoms with E-state index in [2.05, 4.69) is 9.88 Å². The number of hydrogen-bond donors (Lipinski definition) is 2. The Labute approximate surface area is 130 Å². The molecular formula is C16H23N3O3. The van der Waals surface area contributed by atoms with E-state index in [0.29, 0.717) is 19.7 Å². The first-order valence-electron chi connectivity index (χ1n) is 7.44. The number of likely N-dealkylation sites (N-methyl/N-ethyl adjacent to an activating group) is 1. The zero-order valence-electron chi connectivity index (χ0n) is 13.1. The standard InChI is InChI=1S/C16H23N3O3/c1-3-18(8-10-20)16(21)17-14-5-4-13-6-7-19(9-11-22-2)15(13)12-14/h4-7,12,20H,3,8-11H2,1-2H3,(H,17,21). The first kappa shape index (κ1) is 16.3. The number of urea groups is 1. The number of hydrogen-bond acceptors (Lipinski definition) is 3. The van der Waals surface area contributed by atoms with E-state index in [9.17, 15) is 4.79 Å². The van der Waals surface area contributed by atoms with Crippen molar-refractivity contribution < 1.29 is 14.6 Å². The molecule has 0 saturated heterocycles. The zero-order valence-corrected chi connectivity index (χ0v) is 13.1. The number of methoxy groups -OCH3 is 1. The number of aliphatic hydroxyl groups is 1. The first-order valence-corrected chi connectivity index (χ1v) is 7.44. The fraction of sp³-hybridized carbons (Fsp3) is 0.438. The second-order valence-corrected chi connectivity index (χ2v) is 5.01. The van der Waals surface area contributed by atoms with Crippen LogP contribution in [0.5, 0.6) is 0 Å². The molecule has 22 heavy (non-hydrogen) atoms. The van der Waals surface area contributed by atoms with Gasteiger partial charge in [0.15, 0.2) is 0 Å². The van der Waals surface area contributed by atoms with E-state index in [0.717, 1.165) is 23.1 Å². The van der Waals surface area contributed by atoms with E-state index in [4.69, 9.17) is 9.84 Å². The maximum atomic E-state index is 12.1. The molecule has 1 aromatic heterocycles. The number of amides is 2. The van der Waals surface area contributed by atoms with Crippen LogP contribution in [0.25, 0.3) is 10.9 Å². The Bertz CT molecular complexity index is 624. The highest BCUT2D eigenvalue weighted by molar-refractivity contribution is 5.92. The summed E-state index contributed by atoms with van der Waals surface area (Å²) in [5.74, 6) is 0. The molecule has 0 unspecified atom stereocenters. The SMILES string of the molecule is CCN(CCO)C(=O)Nc1ccc2ccn(CCOC)c2c1. The summed E-state index contributed by atoms with van der Waals surface area (Å²) in [7, 11) is 1.68. The molecule has 1 aromatic carbocycles. The van der Waals surface area contributed by atoms with Gasteiger partial charge in [0, 0.05) is 38.6 Å². The summed E-state index contributed by atoms with van der Waals surface area (Å²) in [5.41, 5.74) is 1.80. The van der Waals surface area contributed by atoms with Crippen LogP contribution in [-0.2, 0) is 11.3 Å². The maximum absolute atomic E-state index is 12.1. The summed E-state index contributed by atoms with van der Waals surface area (Å²) in [4.78, 5) is 13.7. The van der Waals surface area contributed by atoms with E-state index in [1.165, 1.54) is 0 Å². The van der Waals surface area contributed by atoms with Gasteiger partial charge in [0.25, 0.3) is 0 Å². The van der Waals surface area contributed by atoms with Crippen LogP contribution in [0.2, 0.25) is 0 Å². The van der Waals surface area contributed by atoms with Crippen molar-refractivity contribution in [3.05, 3.63) is 30.5 Å². The van der Waals surface area contributed by atoms with Crippen LogP contribution in [0.1, 0.15) is 6.92 Å². The van der Waals surface area contributed by atoms with Crippen LogP contribution in [0, 0.1) is 0 Å². The molecule has 6 heteroatoms. The predicted octanol–water partition coefficient (Wildman–Crippen LogP) is 2.13. The van der Waals surface area contributed by atoms with Crippen molar-refractivity contribution in [1.29, 1.82) is 0 Å². The van der Waals surface area contributed by atoms with Gasteiger partial charge in [-0.3, -0.25) is 0 Å². The molecule has 1 heterocycles. The van der Waals surface area contributed by atoms with Crippen LogP contribution in [-0.4, -0.2) is 54.0 Å². The highest BCUT2D eigenvalue weighted by Crippen LogP contribution is 2.21. The lowest BCUT2D eigenvalue weighted by atomic mass is 10.2. The van der Waals surface area contributed by atoms with Crippen molar-refractivity contribution in [1.82, 2.24) is 9.47 Å². The predicted molar refractivity (Wildman–Crippen MR) is 87.2 cm³/mol.